The van der Waals surface area contributed by atoms with Gasteiger partial charge in [-0.15, -0.1) is 11.3 Å². The van der Waals surface area contributed by atoms with Crippen LogP contribution < -0.4 is 0 Å². The third kappa shape index (κ3) is 3.51. The molecule has 6 heteroatoms. The standard InChI is InChI=1S/C16H19N3O2S/c1-11-5-6-17-16(18-11)14-10-19(7-8-21-14)15(20)9-13-4-3-12(2)22-13/h3-6,14H,7-10H2,1-2H3. The van der Waals surface area contributed by atoms with Gasteiger partial charge in [0, 0.05) is 28.2 Å². The Kier molecular flexibility index (Phi) is 4.49. The summed E-state index contributed by atoms with van der Waals surface area (Å²) in [5, 5.41) is 0. The summed E-state index contributed by atoms with van der Waals surface area (Å²) >= 11 is 1.68. The first kappa shape index (κ1) is 15.1. The van der Waals surface area contributed by atoms with Crippen LogP contribution in [0.1, 0.15) is 27.4 Å². The Labute approximate surface area is 134 Å². The maximum Gasteiger partial charge on any atom is 0.228 e. The molecule has 0 bridgehead atoms. The summed E-state index contributed by atoms with van der Waals surface area (Å²) in [6, 6.07) is 5.93. The van der Waals surface area contributed by atoms with Crippen molar-refractivity contribution in [2.45, 2.75) is 26.4 Å². The van der Waals surface area contributed by atoms with Crippen LogP contribution in [0.3, 0.4) is 0 Å². The highest BCUT2D eigenvalue weighted by Gasteiger charge is 2.27. The van der Waals surface area contributed by atoms with E-state index in [9.17, 15) is 4.79 Å². The van der Waals surface area contributed by atoms with Crippen LogP contribution in [0.2, 0.25) is 0 Å². The third-order valence-electron chi connectivity index (χ3n) is 3.64. The number of amides is 1. The van der Waals surface area contributed by atoms with Crippen LogP contribution in [0.4, 0.5) is 0 Å². The molecular formula is C16H19N3O2S. The fourth-order valence-electron chi connectivity index (χ4n) is 2.50. The largest absolute Gasteiger partial charge is 0.367 e. The van der Waals surface area contributed by atoms with E-state index in [0.717, 1.165) is 10.6 Å². The van der Waals surface area contributed by atoms with Gasteiger partial charge < -0.3 is 9.64 Å². The van der Waals surface area contributed by atoms with Crippen molar-refractivity contribution in [1.29, 1.82) is 0 Å². The van der Waals surface area contributed by atoms with E-state index in [-0.39, 0.29) is 12.0 Å². The Morgan fingerprint density at radius 3 is 3.00 bits per heavy atom. The molecule has 0 N–H and O–H groups in total. The Bertz CT molecular complexity index is 671. The fourth-order valence-corrected chi connectivity index (χ4v) is 3.38. The van der Waals surface area contributed by atoms with Gasteiger partial charge in [0.25, 0.3) is 0 Å². The van der Waals surface area contributed by atoms with Gasteiger partial charge in [-0.25, -0.2) is 9.97 Å². The minimum atomic E-state index is -0.234. The average molecular weight is 317 g/mol. The van der Waals surface area contributed by atoms with E-state index in [1.807, 2.05) is 24.0 Å². The number of aromatic nitrogens is 2. The Morgan fingerprint density at radius 2 is 2.27 bits per heavy atom. The van der Waals surface area contributed by atoms with Crippen molar-refractivity contribution < 1.29 is 9.53 Å². The molecule has 1 saturated heterocycles. The molecule has 3 heterocycles. The number of ether oxygens (including phenoxy) is 1. The predicted octanol–water partition coefficient (Wildman–Crippen LogP) is 2.30. The molecule has 116 valence electrons. The van der Waals surface area contributed by atoms with Gasteiger partial charge in [-0.05, 0) is 32.0 Å². The number of nitrogens with zero attached hydrogens (tertiary/aromatic N) is 3. The molecule has 1 atom stereocenters. The zero-order valence-corrected chi connectivity index (χ0v) is 13.6. The number of morpholine rings is 1. The van der Waals surface area contributed by atoms with E-state index in [2.05, 4.69) is 23.0 Å². The lowest BCUT2D eigenvalue weighted by atomic mass is 10.2. The maximum atomic E-state index is 12.5. The van der Waals surface area contributed by atoms with Gasteiger partial charge in [-0.1, -0.05) is 0 Å². The summed E-state index contributed by atoms with van der Waals surface area (Å²) in [5.41, 5.74) is 0.908. The smallest absolute Gasteiger partial charge is 0.228 e. The van der Waals surface area contributed by atoms with E-state index in [4.69, 9.17) is 4.74 Å². The second-order valence-corrected chi connectivity index (χ2v) is 6.82. The van der Waals surface area contributed by atoms with Gasteiger partial charge in [-0.2, -0.15) is 0 Å². The molecule has 1 amide bonds. The van der Waals surface area contributed by atoms with E-state index < -0.39 is 0 Å². The average Bonchev–Trinajstić information content (AvgIpc) is 2.92. The third-order valence-corrected chi connectivity index (χ3v) is 4.64. The van der Waals surface area contributed by atoms with Crippen LogP contribution >= 0.6 is 11.3 Å². The number of hydrogen-bond acceptors (Lipinski definition) is 5. The number of carbonyl (C=O) groups is 1. The molecule has 2 aromatic heterocycles. The van der Waals surface area contributed by atoms with Crippen LogP contribution in [0.25, 0.3) is 0 Å². The minimum Gasteiger partial charge on any atom is -0.367 e. The Balaban J connectivity index is 1.66. The van der Waals surface area contributed by atoms with E-state index in [0.29, 0.717) is 31.9 Å². The summed E-state index contributed by atoms with van der Waals surface area (Å²) in [6.45, 7) is 5.66. The predicted molar refractivity (Wildman–Crippen MR) is 84.8 cm³/mol. The fraction of sp³-hybridized carbons (Fsp3) is 0.438. The van der Waals surface area contributed by atoms with Crippen LogP contribution in [-0.2, 0) is 16.0 Å². The molecule has 3 rings (SSSR count). The molecule has 1 aliphatic rings. The monoisotopic (exact) mass is 317 g/mol. The first-order chi connectivity index (χ1) is 10.6. The number of thiophene rings is 1. The molecule has 2 aromatic rings. The van der Waals surface area contributed by atoms with E-state index in [1.165, 1.54) is 4.88 Å². The second-order valence-electron chi connectivity index (χ2n) is 5.44. The normalized spacial score (nSPS) is 18.5. The van der Waals surface area contributed by atoms with Gasteiger partial charge in [0.2, 0.25) is 5.91 Å². The van der Waals surface area contributed by atoms with Crippen molar-refractivity contribution in [3.05, 3.63) is 45.7 Å². The summed E-state index contributed by atoms with van der Waals surface area (Å²) in [5.74, 6) is 0.798. The Hall–Kier alpha value is -1.79. The van der Waals surface area contributed by atoms with Crippen molar-refractivity contribution in [2.75, 3.05) is 19.7 Å². The summed E-state index contributed by atoms with van der Waals surface area (Å²) in [4.78, 5) is 25.3. The molecule has 0 saturated carbocycles. The molecule has 1 fully saturated rings. The molecule has 22 heavy (non-hydrogen) atoms. The highest BCUT2D eigenvalue weighted by molar-refractivity contribution is 7.12. The number of aryl methyl sites for hydroxylation is 2. The molecular weight excluding hydrogens is 298 g/mol. The summed E-state index contributed by atoms with van der Waals surface area (Å²) in [6.07, 6.45) is 1.96. The molecule has 0 aromatic carbocycles. The molecule has 0 spiro atoms. The van der Waals surface area contributed by atoms with E-state index in [1.54, 1.807) is 17.5 Å². The van der Waals surface area contributed by atoms with Crippen molar-refractivity contribution in [2.24, 2.45) is 0 Å². The number of hydrogen-bond donors (Lipinski definition) is 0. The van der Waals surface area contributed by atoms with Crippen LogP contribution in [0.5, 0.6) is 0 Å². The first-order valence-corrected chi connectivity index (χ1v) is 8.18. The minimum absolute atomic E-state index is 0.141. The molecule has 1 aliphatic heterocycles. The zero-order valence-electron chi connectivity index (χ0n) is 12.8. The lowest BCUT2D eigenvalue weighted by Gasteiger charge is -2.32. The molecule has 0 aliphatic carbocycles. The van der Waals surface area contributed by atoms with Crippen molar-refractivity contribution in [3.8, 4) is 0 Å². The lowest BCUT2D eigenvalue weighted by molar-refractivity contribution is -0.138. The van der Waals surface area contributed by atoms with Crippen LogP contribution in [-0.4, -0.2) is 40.5 Å². The highest BCUT2D eigenvalue weighted by Crippen LogP contribution is 2.21. The van der Waals surface area contributed by atoms with Gasteiger partial charge in [-0.3, -0.25) is 4.79 Å². The molecule has 0 radical (unpaired) electrons. The maximum absolute atomic E-state index is 12.5. The number of carbonyl (C=O) groups excluding carboxylic acids is 1. The van der Waals surface area contributed by atoms with Gasteiger partial charge >= 0.3 is 0 Å². The first-order valence-electron chi connectivity index (χ1n) is 7.36. The Morgan fingerprint density at radius 1 is 1.41 bits per heavy atom. The SMILES string of the molecule is Cc1ccnc(C2CN(C(=O)Cc3ccc(C)s3)CCO2)n1. The van der Waals surface area contributed by atoms with Crippen LogP contribution in [0, 0.1) is 13.8 Å². The highest BCUT2D eigenvalue weighted by atomic mass is 32.1. The van der Waals surface area contributed by atoms with Crippen molar-refractivity contribution in [3.63, 3.8) is 0 Å². The van der Waals surface area contributed by atoms with Gasteiger partial charge in [0.05, 0.1) is 19.6 Å². The molecule has 1 unspecified atom stereocenters. The van der Waals surface area contributed by atoms with Gasteiger partial charge in [0.1, 0.15) is 6.10 Å². The van der Waals surface area contributed by atoms with E-state index >= 15 is 0 Å². The second kappa shape index (κ2) is 6.54. The summed E-state index contributed by atoms with van der Waals surface area (Å²) in [7, 11) is 0. The zero-order chi connectivity index (χ0) is 15.5. The quantitative estimate of drug-likeness (QED) is 0.871. The van der Waals surface area contributed by atoms with Gasteiger partial charge in [0.15, 0.2) is 5.82 Å². The van der Waals surface area contributed by atoms with Crippen molar-refractivity contribution in [1.82, 2.24) is 14.9 Å². The number of rotatable bonds is 3. The van der Waals surface area contributed by atoms with Crippen molar-refractivity contribution >= 4 is 17.2 Å². The molecule has 5 nitrogen and oxygen atoms in total. The summed E-state index contributed by atoms with van der Waals surface area (Å²) < 4.78 is 5.74. The lowest BCUT2D eigenvalue weighted by Crippen LogP contribution is -2.43. The van der Waals surface area contributed by atoms with Crippen LogP contribution in [0.15, 0.2) is 24.4 Å². The topological polar surface area (TPSA) is 55.3 Å².